The summed E-state index contributed by atoms with van der Waals surface area (Å²) in [5.74, 6) is -0.104. The van der Waals surface area contributed by atoms with Crippen molar-refractivity contribution in [1.29, 1.82) is 0 Å². The second kappa shape index (κ2) is 8.67. The van der Waals surface area contributed by atoms with Crippen LogP contribution in [-0.4, -0.2) is 71.0 Å². The topological polar surface area (TPSA) is 84.9 Å². The molecule has 21 heavy (non-hydrogen) atoms. The standard InChI is InChI=1S/C13H26N2O5S/c1-11(2)10-12(14-21(17,18)9-8-19-3)13(16)15-4-6-20-7-5-15/h11-12,14H,4-10H2,1-3H3/t12-/m0/s1. The fraction of sp³-hybridized carbons (Fsp3) is 0.923. The van der Waals surface area contributed by atoms with Crippen molar-refractivity contribution in [3.8, 4) is 0 Å². The number of methoxy groups -OCH3 is 1. The first-order valence-corrected chi connectivity index (χ1v) is 8.86. The Morgan fingerprint density at radius 1 is 1.33 bits per heavy atom. The quantitative estimate of drug-likeness (QED) is 0.670. The first-order chi connectivity index (χ1) is 9.85. The van der Waals surface area contributed by atoms with E-state index < -0.39 is 16.1 Å². The van der Waals surface area contributed by atoms with E-state index in [1.54, 1.807) is 4.90 Å². The molecule has 0 aromatic rings. The third kappa shape index (κ3) is 6.73. The summed E-state index contributed by atoms with van der Waals surface area (Å²) < 4.78 is 36.5. The zero-order chi connectivity index (χ0) is 15.9. The lowest BCUT2D eigenvalue weighted by Crippen LogP contribution is -2.52. The Balaban J connectivity index is 2.72. The highest BCUT2D eigenvalue weighted by atomic mass is 32.2. The van der Waals surface area contributed by atoms with Crippen LogP contribution in [0.1, 0.15) is 20.3 Å². The van der Waals surface area contributed by atoms with Crippen molar-refractivity contribution >= 4 is 15.9 Å². The van der Waals surface area contributed by atoms with E-state index in [9.17, 15) is 13.2 Å². The summed E-state index contributed by atoms with van der Waals surface area (Å²) in [4.78, 5) is 14.2. The highest BCUT2D eigenvalue weighted by Crippen LogP contribution is 2.11. The molecule has 1 atom stereocenters. The summed E-state index contributed by atoms with van der Waals surface area (Å²) in [5.41, 5.74) is 0. The van der Waals surface area contributed by atoms with Crippen molar-refractivity contribution in [2.75, 3.05) is 45.8 Å². The van der Waals surface area contributed by atoms with Gasteiger partial charge in [-0.1, -0.05) is 13.8 Å². The number of morpholine rings is 1. The Bertz CT molecular complexity index is 418. The van der Waals surface area contributed by atoms with Gasteiger partial charge in [0.2, 0.25) is 15.9 Å². The van der Waals surface area contributed by atoms with E-state index in [4.69, 9.17) is 9.47 Å². The van der Waals surface area contributed by atoms with Crippen LogP contribution in [0.3, 0.4) is 0 Å². The average Bonchev–Trinajstić information content (AvgIpc) is 2.44. The van der Waals surface area contributed by atoms with Gasteiger partial charge in [0.25, 0.3) is 0 Å². The number of hydrogen-bond donors (Lipinski definition) is 1. The van der Waals surface area contributed by atoms with Gasteiger partial charge in [-0.25, -0.2) is 13.1 Å². The number of nitrogens with one attached hydrogen (secondary N) is 1. The van der Waals surface area contributed by atoms with Crippen LogP contribution in [0.2, 0.25) is 0 Å². The predicted molar refractivity (Wildman–Crippen MR) is 79.4 cm³/mol. The zero-order valence-electron chi connectivity index (χ0n) is 13.0. The Morgan fingerprint density at radius 2 is 1.95 bits per heavy atom. The van der Waals surface area contributed by atoms with Gasteiger partial charge < -0.3 is 14.4 Å². The molecule has 0 radical (unpaired) electrons. The maximum atomic E-state index is 12.5. The Morgan fingerprint density at radius 3 is 2.48 bits per heavy atom. The van der Waals surface area contributed by atoms with Gasteiger partial charge in [0, 0.05) is 20.2 Å². The third-order valence-electron chi connectivity index (χ3n) is 3.21. The smallest absolute Gasteiger partial charge is 0.240 e. The molecular formula is C13H26N2O5S. The van der Waals surface area contributed by atoms with E-state index in [-0.39, 0.29) is 24.2 Å². The number of ether oxygens (including phenoxy) is 2. The summed E-state index contributed by atoms with van der Waals surface area (Å²) >= 11 is 0. The summed E-state index contributed by atoms with van der Waals surface area (Å²) in [5, 5.41) is 0. The molecule has 1 aliphatic heterocycles. The number of nitrogens with zero attached hydrogens (tertiary/aromatic N) is 1. The van der Waals surface area contributed by atoms with Crippen LogP contribution in [0.5, 0.6) is 0 Å². The van der Waals surface area contributed by atoms with Gasteiger partial charge in [-0.3, -0.25) is 4.79 Å². The molecule has 1 N–H and O–H groups in total. The first-order valence-electron chi connectivity index (χ1n) is 7.21. The largest absolute Gasteiger partial charge is 0.384 e. The van der Waals surface area contributed by atoms with Crippen LogP contribution >= 0.6 is 0 Å². The number of hydrogen-bond acceptors (Lipinski definition) is 5. The highest BCUT2D eigenvalue weighted by molar-refractivity contribution is 7.89. The molecule has 124 valence electrons. The Labute approximate surface area is 127 Å². The maximum Gasteiger partial charge on any atom is 0.240 e. The van der Waals surface area contributed by atoms with E-state index >= 15 is 0 Å². The minimum absolute atomic E-state index is 0.107. The molecule has 0 spiro atoms. The lowest BCUT2D eigenvalue weighted by molar-refractivity contribution is -0.137. The molecule has 1 amide bonds. The number of amides is 1. The molecule has 0 aromatic carbocycles. The normalized spacial score (nSPS) is 18.0. The Kier molecular flexibility index (Phi) is 7.58. The number of rotatable bonds is 8. The molecule has 0 saturated carbocycles. The molecule has 1 aliphatic rings. The molecule has 0 unspecified atom stereocenters. The van der Waals surface area contributed by atoms with Crippen molar-refractivity contribution in [2.45, 2.75) is 26.3 Å². The molecule has 0 aromatic heterocycles. The van der Waals surface area contributed by atoms with Gasteiger partial charge in [0.05, 0.1) is 25.6 Å². The van der Waals surface area contributed by atoms with Gasteiger partial charge in [0.15, 0.2) is 0 Å². The van der Waals surface area contributed by atoms with Crippen LogP contribution in [-0.2, 0) is 24.3 Å². The summed E-state index contributed by atoms with van der Waals surface area (Å²) in [7, 11) is -2.08. The minimum atomic E-state index is -3.53. The summed E-state index contributed by atoms with van der Waals surface area (Å²) in [6, 6.07) is -0.718. The second-order valence-corrected chi connectivity index (χ2v) is 7.42. The molecule has 1 saturated heterocycles. The molecule has 1 rings (SSSR count). The fourth-order valence-electron chi connectivity index (χ4n) is 2.14. The molecule has 1 fully saturated rings. The Hall–Kier alpha value is -0.700. The van der Waals surface area contributed by atoms with E-state index in [0.717, 1.165) is 0 Å². The second-order valence-electron chi connectivity index (χ2n) is 5.55. The number of carbonyl (C=O) groups excluding carboxylic acids is 1. The lowest BCUT2D eigenvalue weighted by atomic mass is 10.0. The van der Waals surface area contributed by atoms with Gasteiger partial charge in [0.1, 0.15) is 6.04 Å². The molecule has 0 bridgehead atoms. The molecule has 7 nitrogen and oxygen atoms in total. The van der Waals surface area contributed by atoms with Crippen molar-refractivity contribution in [3.63, 3.8) is 0 Å². The van der Waals surface area contributed by atoms with Crippen LogP contribution in [0.25, 0.3) is 0 Å². The van der Waals surface area contributed by atoms with Crippen LogP contribution in [0.4, 0.5) is 0 Å². The van der Waals surface area contributed by atoms with Crippen molar-refractivity contribution in [2.24, 2.45) is 5.92 Å². The van der Waals surface area contributed by atoms with Gasteiger partial charge in [-0.05, 0) is 12.3 Å². The SMILES string of the molecule is COCCS(=O)(=O)N[C@@H](CC(C)C)C(=O)N1CCOCC1. The van der Waals surface area contributed by atoms with Gasteiger partial charge >= 0.3 is 0 Å². The van der Waals surface area contributed by atoms with Crippen molar-refractivity contribution in [1.82, 2.24) is 9.62 Å². The lowest BCUT2D eigenvalue weighted by Gasteiger charge is -2.31. The minimum Gasteiger partial charge on any atom is -0.384 e. The monoisotopic (exact) mass is 322 g/mol. The van der Waals surface area contributed by atoms with Crippen molar-refractivity contribution in [3.05, 3.63) is 0 Å². The molecule has 1 heterocycles. The summed E-state index contributed by atoms with van der Waals surface area (Å²) in [6.07, 6.45) is 0.475. The zero-order valence-corrected chi connectivity index (χ0v) is 13.8. The number of sulfonamides is 1. The molecule has 8 heteroatoms. The highest BCUT2D eigenvalue weighted by Gasteiger charge is 2.29. The molecule has 0 aliphatic carbocycles. The van der Waals surface area contributed by atoms with Gasteiger partial charge in [-0.15, -0.1) is 0 Å². The van der Waals surface area contributed by atoms with Crippen molar-refractivity contribution < 1.29 is 22.7 Å². The molecular weight excluding hydrogens is 296 g/mol. The summed E-state index contributed by atoms with van der Waals surface area (Å²) in [6.45, 7) is 6.04. The third-order valence-corrected chi connectivity index (χ3v) is 4.55. The fourth-order valence-corrected chi connectivity index (χ4v) is 3.28. The van der Waals surface area contributed by atoms with Gasteiger partial charge in [-0.2, -0.15) is 0 Å². The van der Waals surface area contributed by atoms with E-state index in [0.29, 0.717) is 32.7 Å². The van der Waals surface area contributed by atoms with E-state index in [1.807, 2.05) is 13.8 Å². The van der Waals surface area contributed by atoms with Crippen LogP contribution < -0.4 is 4.72 Å². The van der Waals surface area contributed by atoms with Crippen LogP contribution in [0, 0.1) is 5.92 Å². The average molecular weight is 322 g/mol. The maximum absolute atomic E-state index is 12.5. The predicted octanol–water partition coefficient (Wildman–Crippen LogP) is -0.174. The van der Waals surface area contributed by atoms with E-state index in [2.05, 4.69) is 4.72 Å². The van der Waals surface area contributed by atoms with E-state index in [1.165, 1.54) is 7.11 Å². The van der Waals surface area contributed by atoms with Crippen LogP contribution in [0.15, 0.2) is 0 Å². The number of carbonyl (C=O) groups is 1. The first kappa shape index (κ1) is 18.3.